The van der Waals surface area contributed by atoms with E-state index in [4.69, 9.17) is 10.8 Å². The van der Waals surface area contributed by atoms with Crippen LogP contribution in [0.5, 0.6) is 0 Å². The van der Waals surface area contributed by atoms with Crippen molar-refractivity contribution in [2.75, 3.05) is 0 Å². The van der Waals surface area contributed by atoms with Gasteiger partial charge in [0.25, 0.3) is 0 Å². The van der Waals surface area contributed by atoms with Crippen LogP contribution in [0.1, 0.15) is 52.7 Å². The van der Waals surface area contributed by atoms with E-state index in [2.05, 4.69) is 25.9 Å². The Bertz CT molecular complexity index is 874. The van der Waals surface area contributed by atoms with Gasteiger partial charge in [0.2, 0.25) is 17.7 Å². The second-order valence-electron chi connectivity index (χ2n) is 8.82. The lowest BCUT2D eigenvalue weighted by atomic mass is 9.96. The van der Waals surface area contributed by atoms with Crippen molar-refractivity contribution >= 4 is 29.7 Å². The number of aliphatic carboxylic acids is 2. The molecule has 0 aliphatic heterocycles. The summed E-state index contributed by atoms with van der Waals surface area (Å²) in [6.07, 6.45) is 2.98. The fourth-order valence-electron chi connectivity index (χ4n) is 3.23. The van der Waals surface area contributed by atoms with Gasteiger partial charge in [-0.15, -0.1) is 0 Å². The van der Waals surface area contributed by atoms with E-state index in [9.17, 15) is 29.1 Å². The van der Waals surface area contributed by atoms with Gasteiger partial charge in [-0.3, -0.25) is 19.2 Å². The number of hydrogen-bond donors (Lipinski definition) is 7. The average molecular weight is 497 g/mol. The molecule has 0 aliphatic rings. The summed E-state index contributed by atoms with van der Waals surface area (Å²) in [5, 5.41) is 25.8. The van der Waals surface area contributed by atoms with Crippen LogP contribution in [0, 0.1) is 11.8 Å². The Morgan fingerprint density at radius 2 is 1.63 bits per heavy atom. The van der Waals surface area contributed by atoms with E-state index in [-0.39, 0.29) is 25.2 Å². The highest BCUT2D eigenvalue weighted by atomic mass is 16.4. The maximum absolute atomic E-state index is 13.2. The van der Waals surface area contributed by atoms with Gasteiger partial charge < -0.3 is 36.9 Å². The Balaban J connectivity index is 3.06. The molecule has 196 valence electrons. The van der Waals surface area contributed by atoms with Crippen molar-refractivity contribution in [2.45, 2.75) is 77.5 Å². The molecule has 5 atom stereocenters. The van der Waals surface area contributed by atoms with Crippen LogP contribution in [0.25, 0.3) is 0 Å². The Kier molecular flexibility index (Phi) is 11.9. The van der Waals surface area contributed by atoms with Crippen molar-refractivity contribution in [2.24, 2.45) is 17.6 Å². The van der Waals surface area contributed by atoms with Crippen LogP contribution < -0.4 is 21.7 Å². The van der Waals surface area contributed by atoms with Crippen molar-refractivity contribution in [3.63, 3.8) is 0 Å². The van der Waals surface area contributed by atoms with E-state index in [1.807, 2.05) is 6.92 Å². The van der Waals surface area contributed by atoms with Gasteiger partial charge in [-0.2, -0.15) is 0 Å². The van der Waals surface area contributed by atoms with E-state index < -0.39 is 59.7 Å². The largest absolute Gasteiger partial charge is 0.481 e. The number of carbonyl (C=O) groups excluding carboxylic acids is 3. The van der Waals surface area contributed by atoms with Gasteiger partial charge >= 0.3 is 11.9 Å². The van der Waals surface area contributed by atoms with Gasteiger partial charge in [0, 0.05) is 24.7 Å². The van der Waals surface area contributed by atoms with Crippen LogP contribution in [0.15, 0.2) is 12.5 Å². The first-order chi connectivity index (χ1) is 16.4. The van der Waals surface area contributed by atoms with Gasteiger partial charge in [0.15, 0.2) is 0 Å². The fourth-order valence-corrected chi connectivity index (χ4v) is 3.23. The van der Waals surface area contributed by atoms with Gasteiger partial charge in [0.05, 0.1) is 12.4 Å². The van der Waals surface area contributed by atoms with Crippen LogP contribution >= 0.6 is 0 Å². The topological polar surface area (TPSA) is 217 Å². The molecule has 0 aromatic carbocycles. The number of aromatic nitrogens is 2. The molecule has 0 aliphatic carbocycles. The number of nitrogens with two attached hydrogens (primary N) is 1. The monoisotopic (exact) mass is 496 g/mol. The summed E-state index contributed by atoms with van der Waals surface area (Å²) in [5.74, 6) is -5.11. The zero-order chi connectivity index (χ0) is 26.7. The van der Waals surface area contributed by atoms with E-state index >= 15 is 0 Å². The summed E-state index contributed by atoms with van der Waals surface area (Å²) in [5.41, 5.74) is 6.30. The summed E-state index contributed by atoms with van der Waals surface area (Å²) in [6.45, 7) is 6.83. The van der Waals surface area contributed by atoms with Crippen molar-refractivity contribution in [1.82, 2.24) is 25.9 Å². The minimum absolute atomic E-state index is 0.00130. The standard InChI is InChI=1S/C22H36N6O7/c1-5-12(4)18(28-19(31)14(23)6-7-16(29)30)21(33)26-15(8-13-9-24-10-25-13)20(32)27-17(11(2)3)22(34)35/h9-12,14-15,17-18H,5-8,23H2,1-4H3,(H,24,25)(H,26,33)(H,27,32)(H,28,31)(H,29,30)(H,34,35). The van der Waals surface area contributed by atoms with Crippen LogP contribution in [0.2, 0.25) is 0 Å². The molecule has 3 amide bonds. The molecule has 1 aromatic heterocycles. The third-order valence-electron chi connectivity index (χ3n) is 5.64. The molecule has 8 N–H and O–H groups in total. The number of carboxylic acids is 2. The van der Waals surface area contributed by atoms with Crippen LogP contribution in [0.4, 0.5) is 0 Å². The number of H-pyrrole nitrogens is 1. The number of aromatic amines is 1. The highest BCUT2D eigenvalue weighted by Gasteiger charge is 2.33. The molecule has 0 bridgehead atoms. The molecule has 5 unspecified atom stereocenters. The quantitative estimate of drug-likeness (QED) is 0.164. The van der Waals surface area contributed by atoms with Crippen molar-refractivity contribution < 1.29 is 34.2 Å². The van der Waals surface area contributed by atoms with Crippen molar-refractivity contribution in [3.05, 3.63) is 18.2 Å². The van der Waals surface area contributed by atoms with E-state index in [0.29, 0.717) is 12.1 Å². The molecular formula is C22H36N6O7. The lowest BCUT2D eigenvalue weighted by Gasteiger charge is -2.28. The molecule has 13 heteroatoms. The van der Waals surface area contributed by atoms with E-state index in [1.165, 1.54) is 12.5 Å². The van der Waals surface area contributed by atoms with E-state index in [1.54, 1.807) is 20.8 Å². The molecule has 0 saturated carbocycles. The summed E-state index contributed by atoms with van der Waals surface area (Å²) >= 11 is 0. The van der Waals surface area contributed by atoms with Gasteiger partial charge in [-0.25, -0.2) is 9.78 Å². The van der Waals surface area contributed by atoms with Crippen LogP contribution in [-0.2, 0) is 30.4 Å². The van der Waals surface area contributed by atoms with Crippen molar-refractivity contribution in [3.8, 4) is 0 Å². The molecule has 0 radical (unpaired) electrons. The highest BCUT2D eigenvalue weighted by molar-refractivity contribution is 5.94. The number of nitrogens with zero attached hydrogens (tertiary/aromatic N) is 1. The molecular weight excluding hydrogens is 460 g/mol. The molecule has 0 fully saturated rings. The maximum atomic E-state index is 13.2. The van der Waals surface area contributed by atoms with E-state index in [0.717, 1.165) is 0 Å². The number of amides is 3. The van der Waals surface area contributed by atoms with Crippen molar-refractivity contribution in [1.29, 1.82) is 0 Å². The van der Waals surface area contributed by atoms with Gasteiger partial charge in [0.1, 0.15) is 18.1 Å². The molecule has 1 aromatic rings. The third kappa shape index (κ3) is 9.73. The number of rotatable bonds is 15. The second kappa shape index (κ2) is 14.0. The number of imidazole rings is 1. The Morgan fingerprint density at radius 1 is 1.00 bits per heavy atom. The average Bonchev–Trinajstić information content (AvgIpc) is 3.30. The number of nitrogens with one attached hydrogen (secondary N) is 4. The predicted molar refractivity (Wildman–Crippen MR) is 125 cm³/mol. The maximum Gasteiger partial charge on any atom is 0.326 e. The molecule has 13 nitrogen and oxygen atoms in total. The third-order valence-corrected chi connectivity index (χ3v) is 5.64. The Morgan fingerprint density at radius 3 is 2.11 bits per heavy atom. The number of carbonyl (C=O) groups is 5. The fraction of sp³-hybridized carbons (Fsp3) is 0.636. The van der Waals surface area contributed by atoms with Gasteiger partial charge in [-0.1, -0.05) is 34.1 Å². The summed E-state index contributed by atoms with van der Waals surface area (Å²) in [4.78, 5) is 67.7. The minimum Gasteiger partial charge on any atom is -0.481 e. The molecule has 35 heavy (non-hydrogen) atoms. The predicted octanol–water partition coefficient (Wildman–Crippen LogP) is -0.615. The highest BCUT2D eigenvalue weighted by Crippen LogP contribution is 2.11. The lowest BCUT2D eigenvalue weighted by Crippen LogP contribution is -2.59. The Labute approximate surface area is 203 Å². The Hall–Kier alpha value is -3.48. The first-order valence-corrected chi connectivity index (χ1v) is 11.5. The van der Waals surface area contributed by atoms with Gasteiger partial charge in [-0.05, 0) is 18.3 Å². The SMILES string of the molecule is CCC(C)C(NC(=O)C(N)CCC(=O)O)C(=O)NC(Cc1cnc[nH]1)C(=O)NC(C(=O)O)C(C)C. The van der Waals surface area contributed by atoms with Crippen LogP contribution in [-0.4, -0.2) is 74.0 Å². The molecule has 1 rings (SSSR count). The zero-order valence-electron chi connectivity index (χ0n) is 20.4. The first-order valence-electron chi connectivity index (χ1n) is 11.5. The molecule has 1 heterocycles. The van der Waals surface area contributed by atoms with Crippen LogP contribution in [0.3, 0.4) is 0 Å². The summed E-state index contributed by atoms with van der Waals surface area (Å²) < 4.78 is 0. The first kappa shape index (κ1) is 29.6. The summed E-state index contributed by atoms with van der Waals surface area (Å²) in [7, 11) is 0. The summed E-state index contributed by atoms with van der Waals surface area (Å²) in [6, 6.07) is -4.51. The zero-order valence-corrected chi connectivity index (χ0v) is 20.4. The number of hydrogen-bond acceptors (Lipinski definition) is 7. The smallest absolute Gasteiger partial charge is 0.326 e. The minimum atomic E-state index is -1.21. The normalized spacial score (nSPS) is 15.4. The lowest BCUT2D eigenvalue weighted by molar-refractivity contribution is -0.143. The molecule has 0 spiro atoms. The number of carboxylic acid groups (broad SMARTS) is 2. The second-order valence-corrected chi connectivity index (χ2v) is 8.82. The molecule has 0 saturated heterocycles.